The Morgan fingerprint density at radius 3 is 2.87 bits per heavy atom. The van der Waals surface area contributed by atoms with Gasteiger partial charge in [-0.25, -0.2) is 12.8 Å². The largest absolute Gasteiger partial charge is 0.353 e. The van der Waals surface area contributed by atoms with E-state index in [1.165, 1.54) is 22.5 Å². The fraction of sp³-hybridized carbons (Fsp3) is 0.533. The first-order valence-corrected chi connectivity index (χ1v) is 9.31. The third kappa shape index (κ3) is 3.70. The van der Waals surface area contributed by atoms with Crippen molar-refractivity contribution in [3.63, 3.8) is 0 Å². The highest BCUT2D eigenvalue weighted by molar-refractivity contribution is 7.88. The predicted octanol–water partition coefficient (Wildman–Crippen LogP) is 0.162. The Hall–Kier alpha value is -1.51. The lowest BCUT2D eigenvalue weighted by molar-refractivity contribution is -0.128. The van der Waals surface area contributed by atoms with E-state index in [1.54, 1.807) is 6.07 Å². The third-order valence-electron chi connectivity index (χ3n) is 4.30. The quantitative estimate of drug-likeness (QED) is 0.850. The molecule has 1 aromatic carbocycles. The van der Waals surface area contributed by atoms with Crippen molar-refractivity contribution in [3.05, 3.63) is 35.6 Å². The summed E-state index contributed by atoms with van der Waals surface area (Å²) in [5.41, 5.74) is 0.416. The molecule has 1 N–H and O–H groups in total. The minimum absolute atomic E-state index is 0.121. The fourth-order valence-corrected chi connectivity index (χ4v) is 4.70. The number of piperazine rings is 1. The Kier molecular flexibility index (Phi) is 4.65. The molecule has 0 saturated carbocycles. The van der Waals surface area contributed by atoms with Crippen LogP contribution >= 0.6 is 0 Å². The molecular weight excluding hydrogens is 321 g/mol. The highest BCUT2D eigenvalue weighted by Crippen LogP contribution is 2.18. The normalized spacial score (nSPS) is 23.9. The number of rotatable bonds is 3. The SMILES string of the molecule is O=C1NCCN2CCCN(S(=O)(=O)Cc3cccc(F)c3)CC12. The van der Waals surface area contributed by atoms with Gasteiger partial charge in [-0.05, 0) is 24.1 Å². The van der Waals surface area contributed by atoms with E-state index < -0.39 is 21.9 Å². The summed E-state index contributed by atoms with van der Waals surface area (Å²) in [4.78, 5) is 14.1. The number of benzene rings is 1. The van der Waals surface area contributed by atoms with Crippen molar-refractivity contribution in [2.75, 3.05) is 32.7 Å². The number of halogens is 1. The van der Waals surface area contributed by atoms with E-state index in [0.717, 1.165) is 6.54 Å². The lowest BCUT2D eigenvalue weighted by atomic mass is 10.2. The van der Waals surface area contributed by atoms with Gasteiger partial charge in [-0.2, -0.15) is 4.31 Å². The van der Waals surface area contributed by atoms with E-state index in [4.69, 9.17) is 0 Å². The van der Waals surface area contributed by atoms with Gasteiger partial charge < -0.3 is 5.32 Å². The van der Waals surface area contributed by atoms with Gasteiger partial charge in [0, 0.05) is 32.7 Å². The van der Waals surface area contributed by atoms with Crippen LogP contribution in [0.2, 0.25) is 0 Å². The van der Waals surface area contributed by atoms with E-state index >= 15 is 0 Å². The maximum atomic E-state index is 13.3. The van der Waals surface area contributed by atoms with Crippen molar-refractivity contribution in [1.82, 2.24) is 14.5 Å². The summed E-state index contributed by atoms with van der Waals surface area (Å²) in [7, 11) is -3.59. The highest BCUT2D eigenvalue weighted by Gasteiger charge is 2.36. The van der Waals surface area contributed by atoms with Gasteiger partial charge in [0.05, 0.1) is 5.75 Å². The predicted molar refractivity (Wildman–Crippen MR) is 83.6 cm³/mol. The van der Waals surface area contributed by atoms with Crippen LogP contribution in [0.3, 0.4) is 0 Å². The van der Waals surface area contributed by atoms with Crippen LogP contribution in [0, 0.1) is 5.82 Å². The van der Waals surface area contributed by atoms with Crippen molar-refractivity contribution in [3.8, 4) is 0 Å². The molecule has 0 aromatic heterocycles. The maximum absolute atomic E-state index is 13.3. The molecule has 8 heteroatoms. The summed E-state index contributed by atoms with van der Waals surface area (Å²) in [6.07, 6.45) is 0.687. The van der Waals surface area contributed by atoms with E-state index in [1.807, 2.05) is 4.90 Å². The Labute approximate surface area is 135 Å². The van der Waals surface area contributed by atoms with E-state index in [2.05, 4.69) is 5.32 Å². The average molecular weight is 341 g/mol. The van der Waals surface area contributed by atoms with Crippen molar-refractivity contribution in [2.24, 2.45) is 0 Å². The van der Waals surface area contributed by atoms with Crippen LogP contribution in [0.5, 0.6) is 0 Å². The number of carbonyl (C=O) groups is 1. The molecule has 0 aliphatic carbocycles. The van der Waals surface area contributed by atoms with Crippen LogP contribution in [0.4, 0.5) is 4.39 Å². The molecule has 0 spiro atoms. The second-order valence-corrected chi connectivity index (χ2v) is 7.91. The molecule has 1 unspecified atom stereocenters. The summed E-state index contributed by atoms with van der Waals surface area (Å²) in [5, 5.41) is 2.79. The molecule has 2 aliphatic rings. The van der Waals surface area contributed by atoms with Crippen molar-refractivity contribution in [1.29, 1.82) is 0 Å². The molecule has 1 atom stereocenters. The van der Waals surface area contributed by atoms with Crippen LogP contribution in [0.1, 0.15) is 12.0 Å². The Morgan fingerprint density at radius 1 is 1.26 bits per heavy atom. The monoisotopic (exact) mass is 341 g/mol. The van der Waals surface area contributed by atoms with E-state index in [9.17, 15) is 17.6 Å². The lowest BCUT2D eigenvalue weighted by Gasteiger charge is -2.34. The molecule has 6 nitrogen and oxygen atoms in total. The van der Waals surface area contributed by atoms with E-state index in [0.29, 0.717) is 31.6 Å². The number of nitrogens with zero attached hydrogens (tertiary/aromatic N) is 2. The standard InChI is InChI=1S/C15H20FN3O3S/c16-13-4-1-3-12(9-13)11-23(21,22)19-7-2-6-18-8-5-17-15(20)14(18)10-19/h1,3-4,9,14H,2,5-8,10-11H2,(H,17,20). The van der Waals surface area contributed by atoms with Gasteiger partial charge in [-0.1, -0.05) is 12.1 Å². The van der Waals surface area contributed by atoms with Crippen LogP contribution in [0.25, 0.3) is 0 Å². The van der Waals surface area contributed by atoms with Crippen LogP contribution in [-0.4, -0.2) is 62.3 Å². The molecule has 3 rings (SSSR count). The number of amides is 1. The lowest BCUT2D eigenvalue weighted by Crippen LogP contribution is -2.58. The van der Waals surface area contributed by atoms with Crippen LogP contribution in [-0.2, 0) is 20.6 Å². The first kappa shape index (κ1) is 16.4. The summed E-state index contributed by atoms with van der Waals surface area (Å²) in [5.74, 6) is -0.824. The van der Waals surface area contributed by atoms with Crippen LogP contribution < -0.4 is 5.32 Å². The van der Waals surface area contributed by atoms with E-state index in [-0.39, 0.29) is 18.2 Å². The molecule has 2 heterocycles. The molecule has 23 heavy (non-hydrogen) atoms. The molecule has 0 bridgehead atoms. The van der Waals surface area contributed by atoms with Crippen molar-refractivity contribution >= 4 is 15.9 Å². The van der Waals surface area contributed by atoms with Gasteiger partial charge in [0.25, 0.3) is 0 Å². The number of hydrogen-bond acceptors (Lipinski definition) is 4. The number of sulfonamides is 1. The van der Waals surface area contributed by atoms with Gasteiger partial charge >= 0.3 is 0 Å². The highest BCUT2D eigenvalue weighted by atomic mass is 32.2. The second-order valence-electron chi connectivity index (χ2n) is 5.94. The number of hydrogen-bond donors (Lipinski definition) is 1. The fourth-order valence-electron chi connectivity index (χ4n) is 3.14. The molecule has 2 fully saturated rings. The van der Waals surface area contributed by atoms with Crippen molar-refractivity contribution < 1.29 is 17.6 Å². The minimum Gasteiger partial charge on any atom is -0.353 e. The number of nitrogens with one attached hydrogen (secondary N) is 1. The average Bonchev–Trinajstić information content (AvgIpc) is 2.71. The van der Waals surface area contributed by atoms with Crippen molar-refractivity contribution in [2.45, 2.75) is 18.2 Å². The summed E-state index contributed by atoms with van der Waals surface area (Å²) < 4.78 is 39.9. The van der Waals surface area contributed by atoms with Gasteiger partial charge in [0.1, 0.15) is 11.9 Å². The number of fused-ring (bicyclic) bond motifs is 1. The summed E-state index contributed by atoms with van der Waals surface area (Å²) in [6.45, 7) is 2.60. The molecule has 1 amide bonds. The Morgan fingerprint density at radius 2 is 2.09 bits per heavy atom. The Balaban J connectivity index is 1.77. The van der Waals surface area contributed by atoms with Crippen LogP contribution in [0.15, 0.2) is 24.3 Å². The molecule has 1 aromatic rings. The first-order valence-electron chi connectivity index (χ1n) is 7.70. The zero-order chi connectivity index (χ0) is 16.4. The smallest absolute Gasteiger partial charge is 0.238 e. The van der Waals surface area contributed by atoms with Gasteiger partial charge in [0.15, 0.2) is 0 Å². The molecule has 2 saturated heterocycles. The summed E-state index contributed by atoms with van der Waals surface area (Å²) >= 11 is 0. The first-order chi connectivity index (χ1) is 11.0. The molecule has 2 aliphatic heterocycles. The molecule has 0 radical (unpaired) electrons. The van der Waals surface area contributed by atoms with Gasteiger partial charge in [-0.15, -0.1) is 0 Å². The molecule has 126 valence electrons. The molecular formula is C15H20FN3O3S. The maximum Gasteiger partial charge on any atom is 0.238 e. The minimum atomic E-state index is -3.59. The van der Waals surface area contributed by atoms with Gasteiger partial charge in [-0.3, -0.25) is 9.69 Å². The number of carbonyl (C=O) groups excluding carboxylic acids is 1. The second kappa shape index (κ2) is 6.54. The summed E-state index contributed by atoms with van der Waals surface area (Å²) in [6, 6.07) is 5.17. The third-order valence-corrected chi connectivity index (χ3v) is 6.12. The van der Waals surface area contributed by atoms with Gasteiger partial charge in [0.2, 0.25) is 15.9 Å². The zero-order valence-electron chi connectivity index (χ0n) is 12.7. The topological polar surface area (TPSA) is 69.7 Å². The Bertz CT molecular complexity index is 695. The zero-order valence-corrected chi connectivity index (χ0v) is 13.6.